The summed E-state index contributed by atoms with van der Waals surface area (Å²) in [6.07, 6.45) is 3.51. The zero-order valence-electron chi connectivity index (χ0n) is 22.8. The molecule has 0 unspecified atom stereocenters. The molecule has 0 saturated carbocycles. The molecule has 7 heteroatoms. The summed E-state index contributed by atoms with van der Waals surface area (Å²) in [7, 11) is 0. The van der Waals surface area contributed by atoms with Gasteiger partial charge in [-0.3, -0.25) is 9.59 Å². The number of H-pyrrole nitrogens is 1. The number of Topliss-reactive ketones (excluding diaryl/α,β-unsaturated/α-hetero) is 2. The van der Waals surface area contributed by atoms with E-state index in [1.807, 2.05) is 62.4 Å². The Balaban J connectivity index is 1.16. The van der Waals surface area contributed by atoms with Gasteiger partial charge in [0.05, 0.1) is 11.8 Å². The molecule has 6 nitrogen and oxygen atoms in total. The van der Waals surface area contributed by atoms with Crippen molar-refractivity contribution in [3.05, 3.63) is 112 Å². The molecule has 0 atom stereocenters. The maximum Gasteiger partial charge on any atom is 0.169 e. The van der Waals surface area contributed by atoms with Gasteiger partial charge in [-0.05, 0) is 91.9 Å². The van der Waals surface area contributed by atoms with Crippen molar-refractivity contribution in [3.8, 4) is 0 Å². The van der Waals surface area contributed by atoms with Crippen LogP contribution in [0.25, 0.3) is 0 Å². The van der Waals surface area contributed by atoms with Crippen LogP contribution in [-0.4, -0.2) is 40.9 Å². The first-order chi connectivity index (χ1) is 19.3. The van der Waals surface area contributed by atoms with E-state index in [4.69, 9.17) is 0 Å². The van der Waals surface area contributed by atoms with Crippen molar-refractivity contribution in [3.63, 3.8) is 0 Å². The van der Waals surface area contributed by atoms with E-state index in [9.17, 15) is 19.1 Å². The SMILES string of the molecule is Cc1c[nH]c(C)c1C(=O)Cc1ccc(Nc2ccc(CC(=O)c3ccc(N4CCC(O)CC4)cc3)cc2)c(F)c1. The highest BCUT2D eigenvalue weighted by Crippen LogP contribution is 2.24. The van der Waals surface area contributed by atoms with Crippen molar-refractivity contribution in [2.45, 2.75) is 45.6 Å². The molecule has 3 aromatic carbocycles. The van der Waals surface area contributed by atoms with Gasteiger partial charge < -0.3 is 20.3 Å². The van der Waals surface area contributed by atoms with Crippen molar-refractivity contribution in [2.24, 2.45) is 0 Å². The van der Waals surface area contributed by atoms with Crippen LogP contribution in [0, 0.1) is 19.7 Å². The molecule has 1 aliphatic rings. The minimum absolute atomic E-state index is 0.0301. The summed E-state index contributed by atoms with van der Waals surface area (Å²) < 4.78 is 14.9. The minimum atomic E-state index is -0.434. The Morgan fingerprint density at radius 2 is 1.57 bits per heavy atom. The third-order valence-electron chi connectivity index (χ3n) is 7.57. The van der Waals surface area contributed by atoms with Gasteiger partial charge in [-0.2, -0.15) is 0 Å². The maximum atomic E-state index is 14.9. The Labute approximate surface area is 233 Å². The molecular weight excluding hydrogens is 505 g/mol. The number of nitrogens with one attached hydrogen (secondary N) is 2. The molecule has 0 aliphatic carbocycles. The quantitative estimate of drug-likeness (QED) is 0.217. The number of carbonyl (C=O) groups is 2. The van der Waals surface area contributed by atoms with Crippen molar-refractivity contribution in [2.75, 3.05) is 23.3 Å². The number of benzene rings is 3. The lowest BCUT2D eigenvalue weighted by Gasteiger charge is -2.31. The first-order valence-electron chi connectivity index (χ1n) is 13.7. The van der Waals surface area contributed by atoms with Gasteiger partial charge in [0.2, 0.25) is 0 Å². The van der Waals surface area contributed by atoms with Crippen LogP contribution >= 0.6 is 0 Å². The number of hydrogen-bond acceptors (Lipinski definition) is 5. The fourth-order valence-electron chi connectivity index (χ4n) is 5.26. The molecule has 5 rings (SSSR count). The first-order valence-corrected chi connectivity index (χ1v) is 13.7. The average Bonchev–Trinajstić information content (AvgIpc) is 3.29. The molecule has 0 amide bonds. The van der Waals surface area contributed by atoms with Gasteiger partial charge in [0.25, 0.3) is 0 Å². The van der Waals surface area contributed by atoms with E-state index in [1.54, 1.807) is 18.3 Å². The lowest BCUT2D eigenvalue weighted by molar-refractivity contribution is 0.0984. The number of rotatable bonds is 9. The second kappa shape index (κ2) is 11.9. The van der Waals surface area contributed by atoms with Crippen LogP contribution < -0.4 is 10.2 Å². The zero-order chi connectivity index (χ0) is 28.2. The average molecular weight is 540 g/mol. The molecule has 1 saturated heterocycles. The van der Waals surface area contributed by atoms with Crippen LogP contribution in [0.1, 0.15) is 55.9 Å². The Morgan fingerprint density at radius 3 is 2.20 bits per heavy atom. The predicted molar refractivity (Wildman–Crippen MR) is 156 cm³/mol. The summed E-state index contributed by atoms with van der Waals surface area (Å²) in [4.78, 5) is 30.8. The molecule has 206 valence electrons. The van der Waals surface area contributed by atoms with Gasteiger partial charge in [0.1, 0.15) is 5.82 Å². The number of nitrogens with zero attached hydrogens (tertiary/aromatic N) is 1. The van der Waals surface area contributed by atoms with Gasteiger partial charge >= 0.3 is 0 Å². The Bertz CT molecular complexity index is 1480. The van der Waals surface area contributed by atoms with Gasteiger partial charge in [0.15, 0.2) is 11.6 Å². The lowest BCUT2D eigenvalue weighted by atomic mass is 10.0. The Morgan fingerprint density at radius 1 is 0.925 bits per heavy atom. The third-order valence-corrected chi connectivity index (χ3v) is 7.57. The number of anilines is 3. The van der Waals surface area contributed by atoms with Crippen LogP contribution in [0.4, 0.5) is 21.5 Å². The van der Waals surface area contributed by atoms with Crippen LogP contribution in [0.2, 0.25) is 0 Å². The van der Waals surface area contributed by atoms with Gasteiger partial charge in [0, 0.05) is 60.3 Å². The first kappa shape index (κ1) is 27.3. The number of hydrogen-bond donors (Lipinski definition) is 3. The molecule has 1 aliphatic heterocycles. The van der Waals surface area contributed by atoms with Crippen LogP contribution in [-0.2, 0) is 12.8 Å². The highest BCUT2D eigenvalue weighted by atomic mass is 19.1. The summed E-state index contributed by atoms with van der Waals surface area (Å²) in [6, 6.07) is 19.8. The number of halogens is 1. The monoisotopic (exact) mass is 539 g/mol. The number of carbonyl (C=O) groups excluding carboxylic acids is 2. The summed E-state index contributed by atoms with van der Waals surface area (Å²) in [5.74, 6) is -0.445. The number of aromatic nitrogens is 1. The van der Waals surface area contributed by atoms with E-state index in [0.29, 0.717) is 28.1 Å². The van der Waals surface area contributed by atoms with Crippen molar-refractivity contribution in [1.82, 2.24) is 4.98 Å². The molecule has 1 aromatic heterocycles. The second-order valence-corrected chi connectivity index (χ2v) is 10.6. The van der Waals surface area contributed by atoms with E-state index >= 15 is 0 Å². The molecule has 40 heavy (non-hydrogen) atoms. The Kier molecular flexibility index (Phi) is 8.12. The normalized spacial score (nSPS) is 13.8. The summed E-state index contributed by atoms with van der Waals surface area (Å²) >= 11 is 0. The topological polar surface area (TPSA) is 85.4 Å². The molecule has 0 spiro atoms. The van der Waals surface area contributed by atoms with Gasteiger partial charge in [-0.1, -0.05) is 18.2 Å². The molecule has 0 bridgehead atoms. The lowest BCUT2D eigenvalue weighted by Crippen LogP contribution is -2.35. The maximum absolute atomic E-state index is 14.9. The summed E-state index contributed by atoms with van der Waals surface area (Å²) in [6.45, 7) is 5.37. The highest BCUT2D eigenvalue weighted by molar-refractivity contribution is 6.00. The van der Waals surface area contributed by atoms with E-state index in [-0.39, 0.29) is 30.5 Å². The van der Waals surface area contributed by atoms with Gasteiger partial charge in [-0.25, -0.2) is 4.39 Å². The number of aromatic amines is 1. The highest BCUT2D eigenvalue weighted by Gasteiger charge is 2.18. The number of aryl methyl sites for hydroxylation is 2. The number of aliphatic hydroxyl groups excluding tert-OH is 1. The molecule has 4 aromatic rings. The fraction of sp³-hybridized carbons (Fsp3) is 0.273. The summed E-state index contributed by atoms with van der Waals surface area (Å²) in [5.41, 5.74) is 6.60. The van der Waals surface area contributed by atoms with Crippen molar-refractivity contribution < 1.29 is 19.1 Å². The largest absolute Gasteiger partial charge is 0.393 e. The van der Waals surface area contributed by atoms with Crippen LogP contribution in [0.15, 0.2) is 72.9 Å². The molecule has 3 N–H and O–H groups in total. The third kappa shape index (κ3) is 6.32. The molecular formula is C33H34FN3O3. The summed E-state index contributed by atoms with van der Waals surface area (Å²) in [5, 5.41) is 12.8. The smallest absolute Gasteiger partial charge is 0.169 e. The van der Waals surface area contributed by atoms with E-state index < -0.39 is 5.82 Å². The number of piperidine rings is 1. The molecule has 1 fully saturated rings. The molecule has 0 radical (unpaired) electrons. The fourth-order valence-corrected chi connectivity index (χ4v) is 5.26. The number of aliphatic hydroxyl groups is 1. The number of ketones is 2. The Hall–Kier alpha value is -4.23. The standard InChI is InChI=1S/C33H34FN3O3/c1-21-20-35-22(2)33(21)32(40)19-24-5-12-30(29(34)17-24)36-26-8-3-23(4-9-26)18-31(39)25-6-10-27(11-7-25)37-15-13-28(38)14-16-37/h3-12,17,20,28,35-36,38H,13-16,18-19H2,1-2H3. The van der Waals surface area contributed by atoms with Crippen molar-refractivity contribution >= 4 is 28.6 Å². The minimum Gasteiger partial charge on any atom is -0.393 e. The van der Waals surface area contributed by atoms with Crippen molar-refractivity contribution in [1.29, 1.82) is 0 Å². The van der Waals surface area contributed by atoms with Crippen LogP contribution in [0.5, 0.6) is 0 Å². The van der Waals surface area contributed by atoms with E-state index in [0.717, 1.165) is 48.4 Å². The second-order valence-electron chi connectivity index (χ2n) is 10.6. The van der Waals surface area contributed by atoms with Gasteiger partial charge in [-0.15, -0.1) is 0 Å². The zero-order valence-corrected chi connectivity index (χ0v) is 22.8. The van der Waals surface area contributed by atoms with E-state index in [1.165, 1.54) is 6.07 Å². The van der Waals surface area contributed by atoms with E-state index in [2.05, 4.69) is 15.2 Å². The van der Waals surface area contributed by atoms with Crippen LogP contribution in [0.3, 0.4) is 0 Å². The predicted octanol–water partition coefficient (Wildman–Crippen LogP) is 6.33. The molecule has 2 heterocycles.